The highest BCUT2D eigenvalue weighted by Crippen LogP contribution is 2.08. The smallest absolute Gasteiger partial charge is 0.287 e. The number of rotatable bonds is 9. The lowest BCUT2D eigenvalue weighted by atomic mass is 10.1. The third-order valence-corrected chi connectivity index (χ3v) is 2.99. The molecule has 5 nitrogen and oxygen atoms in total. The molecule has 0 aromatic heterocycles. The number of unbranched alkanes of at least 4 members (excludes halogenated alkanes) is 3. The summed E-state index contributed by atoms with van der Waals surface area (Å²) in [7, 11) is 0. The largest absolute Gasteiger partial charge is 0.350 e. The van der Waals surface area contributed by atoms with Gasteiger partial charge in [-0.3, -0.25) is 14.4 Å². The van der Waals surface area contributed by atoms with Gasteiger partial charge in [0.05, 0.1) is 0 Å². The number of hydrogen-bond donors (Lipinski definition) is 2. The molecule has 0 atom stereocenters. The Balaban J connectivity index is 2.00. The Morgan fingerprint density at radius 1 is 0.952 bits per heavy atom. The van der Waals surface area contributed by atoms with Gasteiger partial charge >= 0.3 is 0 Å². The van der Waals surface area contributed by atoms with E-state index in [0.717, 1.165) is 31.4 Å². The minimum atomic E-state index is -0.530. The summed E-state index contributed by atoms with van der Waals surface area (Å²) in [5.41, 5.74) is 0.814. The molecule has 1 aromatic rings. The first kappa shape index (κ1) is 16.9. The highest BCUT2D eigenvalue weighted by molar-refractivity contribution is 6.35. The molecule has 1 rings (SSSR count). The van der Waals surface area contributed by atoms with Crippen molar-refractivity contribution in [3.63, 3.8) is 0 Å². The van der Waals surface area contributed by atoms with Gasteiger partial charge < -0.3 is 10.6 Å². The standard InChI is InChI=1S/C16H22N2O3/c1-13(19)16(21)17-12-8-3-2-7-11-15(20)18-14-9-5-4-6-10-14/h4-6,9-10H,2-3,7-8,11-12H2,1H3,(H,17,21)(H,18,20). The number of ketones is 1. The summed E-state index contributed by atoms with van der Waals surface area (Å²) in [6.07, 6.45) is 3.99. The van der Waals surface area contributed by atoms with Gasteiger partial charge in [-0.2, -0.15) is 0 Å². The number of carbonyl (C=O) groups is 3. The number of amides is 2. The normalized spacial score (nSPS) is 9.95. The number of benzene rings is 1. The van der Waals surface area contributed by atoms with Crippen molar-refractivity contribution in [3.05, 3.63) is 30.3 Å². The van der Waals surface area contributed by atoms with E-state index in [2.05, 4.69) is 10.6 Å². The fourth-order valence-corrected chi connectivity index (χ4v) is 1.84. The van der Waals surface area contributed by atoms with Crippen LogP contribution in [0.5, 0.6) is 0 Å². The molecule has 0 radical (unpaired) electrons. The van der Waals surface area contributed by atoms with Gasteiger partial charge in [-0.1, -0.05) is 31.0 Å². The van der Waals surface area contributed by atoms with Gasteiger partial charge in [-0.05, 0) is 25.0 Å². The summed E-state index contributed by atoms with van der Waals surface area (Å²) in [5, 5.41) is 5.38. The Kier molecular flexibility index (Phi) is 7.79. The van der Waals surface area contributed by atoms with Gasteiger partial charge in [0, 0.05) is 25.6 Å². The molecule has 114 valence electrons. The lowest BCUT2D eigenvalue weighted by Gasteiger charge is -2.05. The average Bonchev–Trinajstić information content (AvgIpc) is 2.46. The maximum Gasteiger partial charge on any atom is 0.287 e. The molecule has 0 aliphatic carbocycles. The molecule has 0 unspecified atom stereocenters. The van der Waals surface area contributed by atoms with E-state index in [-0.39, 0.29) is 5.91 Å². The number of anilines is 1. The predicted molar refractivity (Wildman–Crippen MR) is 81.8 cm³/mol. The van der Waals surface area contributed by atoms with Crippen molar-refractivity contribution in [2.75, 3.05) is 11.9 Å². The molecule has 0 spiro atoms. The second-order valence-corrected chi connectivity index (χ2v) is 4.89. The van der Waals surface area contributed by atoms with E-state index >= 15 is 0 Å². The summed E-state index contributed by atoms with van der Waals surface area (Å²) in [5.74, 6) is -0.976. The van der Waals surface area contributed by atoms with Gasteiger partial charge in [0.2, 0.25) is 11.7 Å². The van der Waals surface area contributed by atoms with Crippen molar-refractivity contribution in [3.8, 4) is 0 Å². The maximum atomic E-state index is 11.7. The molecule has 0 aliphatic rings. The molecule has 21 heavy (non-hydrogen) atoms. The summed E-state index contributed by atoms with van der Waals surface area (Å²) in [6, 6.07) is 9.38. The van der Waals surface area contributed by atoms with Crippen LogP contribution in [0.15, 0.2) is 30.3 Å². The van der Waals surface area contributed by atoms with E-state index in [1.165, 1.54) is 6.92 Å². The first-order valence-corrected chi connectivity index (χ1v) is 7.23. The van der Waals surface area contributed by atoms with Crippen LogP contribution in [0.2, 0.25) is 0 Å². The third kappa shape index (κ3) is 7.87. The van der Waals surface area contributed by atoms with Crippen molar-refractivity contribution >= 4 is 23.3 Å². The summed E-state index contributed by atoms with van der Waals surface area (Å²) in [4.78, 5) is 33.3. The zero-order valence-corrected chi connectivity index (χ0v) is 12.4. The van der Waals surface area contributed by atoms with Crippen LogP contribution in [0.1, 0.15) is 39.0 Å². The molecular weight excluding hydrogens is 268 g/mol. The van der Waals surface area contributed by atoms with Gasteiger partial charge in [-0.15, -0.1) is 0 Å². The van der Waals surface area contributed by atoms with E-state index < -0.39 is 11.7 Å². The lowest BCUT2D eigenvalue weighted by Crippen LogP contribution is -2.29. The van der Waals surface area contributed by atoms with E-state index in [4.69, 9.17) is 0 Å². The van der Waals surface area contributed by atoms with Crippen LogP contribution >= 0.6 is 0 Å². The quantitative estimate of drug-likeness (QED) is 0.541. The third-order valence-electron chi connectivity index (χ3n) is 2.99. The highest BCUT2D eigenvalue weighted by Gasteiger charge is 2.05. The first-order valence-electron chi connectivity index (χ1n) is 7.23. The van der Waals surface area contributed by atoms with Crippen molar-refractivity contribution in [1.82, 2.24) is 5.32 Å². The number of hydrogen-bond acceptors (Lipinski definition) is 3. The Bertz CT molecular complexity index is 472. The molecule has 0 aliphatic heterocycles. The molecule has 5 heteroatoms. The Morgan fingerprint density at radius 2 is 1.62 bits per heavy atom. The van der Waals surface area contributed by atoms with Crippen LogP contribution in [-0.4, -0.2) is 24.1 Å². The minimum absolute atomic E-state index is 0.0195. The molecule has 2 N–H and O–H groups in total. The van der Waals surface area contributed by atoms with Gasteiger partial charge in [0.15, 0.2) is 0 Å². The Morgan fingerprint density at radius 3 is 2.29 bits per heavy atom. The number of Topliss-reactive ketones (excluding diaryl/α,β-unsaturated/α-hetero) is 1. The van der Waals surface area contributed by atoms with E-state index in [1.807, 2.05) is 30.3 Å². The molecule has 0 fully saturated rings. The number of para-hydroxylation sites is 1. The molecule has 2 amide bonds. The summed E-state index contributed by atoms with van der Waals surface area (Å²) < 4.78 is 0. The molecule has 0 saturated heterocycles. The molecule has 0 heterocycles. The first-order chi connectivity index (χ1) is 10.1. The van der Waals surface area contributed by atoms with E-state index in [0.29, 0.717) is 13.0 Å². The van der Waals surface area contributed by atoms with Gasteiger partial charge in [0.25, 0.3) is 5.91 Å². The van der Waals surface area contributed by atoms with Crippen LogP contribution in [0.4, 0.5) is 5.69 Å². The molecule has 0 saturated carbocycles. The Labute approximate surface area is 125 Å². The van der Waals surface area contributed by atoms with E-state index in [9.17, 15) is 14.4 Å². The lowest BCUT2D eigenvalue weighted by molar-refractivity contribution is -0.136. The second-order valence-electron chi connectivity index (χ2n) is 4.89. The van der Waals surface area contributed by atoms with Crippen LogP contribution in [0.25, 0.3) is 0 Å². The van der Waals surface area contributed by atoms with Crippen LogP contribution < -0.4 is 10.6 Å². The predicted octanol–water partition coefficient (Wildman–Crippen LogP) is 2.28. The van der Waals surface area contributed by atoms with Gasteiger partial charge in [0.1, 0.15) is 0 Å². The summed E-state index contributed by atoms with van der Waals surface area (Å²) in [6.45, 7) is 1.76. The maximum absolute atomic E-state index is 11.7. The van der Waals surface area contributed by atoms with Crippen LogP contribution in [-0.2, 0) is 14.4 Å². The zero-order chi connectivity index (χ0) is 15.5. The van der Waals surface area contributed by atoms with Gasteiger partial charge in [-0.25, -0.2) is 0 Å². The number of carbonyl (C=O) groups excluding carboxylic acids is 3. The van der Waals surface area contributed by atoms with Crippen molar-refractivity contribution in [2.45, 2.75) is 39.0 Å². The minimum Gasteiger partial charge on any atom is -0.350 e. The van der Waals surface area contributed by atoms with Crippen molar-refractivity contribution in [1.29, 1.82) is 0 Å². The molecule has 1 aromatic carbocycles. The second kappa shape index (κ2) is 9.69. The summed E-state index contributed by atoms with van der Waals surface area (Å²) >= 11 is 0. The average molecular weight is 290 g/mol. The monoisotopic (exact) mass is 290 g/mol. The topological polar surface area (TPSA) is 75.3 Å². The fourth-order valence-electron chi connectivity index (χ4n) is 1.84. The number of nitrogens with one attached hydrogen (secondary N) is 2. The van der Waals surface area contributed by atoms with E-state index in [1.54, 1.807) is 0 Å². The molecule has 0 bridgehead atoms. The van der Waals surface area contributed by atoms with Crippen LogP contribution in [0.3, 0.4) is 0 Å². The fraction of sp³-hybridized carbons (Fsp3) is 0.438. The van der Waals surface area contributed by atoms with Crippen molar-refractivity contribution in [2.24, 2.45) is 0 Å². The van der Waals surface area contributed by atoms with Crippen LogP contribution in [0, 0.1) is 0 Å². The Hall–Kier alpha value is -2.17. The zero-order valence-electron chi connectivity index (χ0n) is 12.4. The SMILES string of the molecule is CC(=O)C(=O)NCCCCCCC(=O)Nc1ccccc1. The molecular formula is C16H22N2O3. The van der Waals surface area contributed by atoms with Crippen molar-refractivity contribution < 1.29 is 14.4 Å². The highest BCUT2D eigenvalue weighted by atomic mass is 16.2.